The zero-order valence-electron chi connectivity index (χ0n) is 20.0. The van der Waals surface area contributed by atoms with Crippen molar-refractivity contribution in [2.45, 2.75) is 168 Å². The maximum absolute atomic E-state index is 3.40. The van der Waals surface area contributed by atoms with E-state index in [2.05, 4.69) is 25.7 Å². The van der Waals surface area contributed by atoms with Crippen molar-refractivity contribution in [1.29, 1.82) is 0 Å². The molecule has 166 valence electrons. The van der Waals surface area contributed by atoms with E-state index in [4.69, 9.17) is 0 Å². The number of hydrogen-bond acceptors (Lipinski definition) is 0. The van der Waals surface area contributed by atoms with Crippen molar-refractivity contribution < 1.29 is 0 Å². The van der Waals surface area contributed by atoms with Crippen molar-refractivity contribution in [3.8, 4) is 11.8 Å². The van der Waals surface area contributed by atoms with Crippen LogP contribution in [0.3, 0.4) is 0 Å². The molecule has 0 heteroatoms. The molecular formula is C28H54. The SMILES string of the molecule is CCCCCCCCCCC#CCCCCCCCCCCCCCCCC. The summed E-state index contributed by atoms with van der Waals surface area (Å²) >= 11 is 0. The van der Waals surface area contributed by atoms with Crippen LogP contribution < -0.4 is 0 Å². The molecule has 0 spiro atoms. The van der Waals surface area contributed by atoms with E-state index in [-0.39, 0.29) is 0 Å². The molecule has 0 nitrogen and oxygen atoms in total. The molecule has 0 aromatic rings. The Balaban J connectivity index is 3.07. The van der Waals surface area contributed by atoms with E-state index in [0.29, 0.717) is 0 Å². The third-order valence-electron chi connectivity index (χ3n) is 5.94. The van der Waals surface area contributed by atoms with Crippen LogP contribution in [-0.4, -0.2) is 0 Å². The van der Waals surface area contributed by atoms with E-state index < -0.39 is 0 Å². The Labute approximate surface area is 180 Å². The average molecular weight is 391 g/mol. The fourth-order valence-electron chi connectivity index (χ4n) is 3.93. The zero-order chi connectivity index (χ0) is 20.4. The van der Waals surface area contributed by atoms with Crippen molar-refractivity contribution in [1.82, 2.24) is 0 Å². The molecule has 0 amide bonds. The van der Waals surface area contributed by atoms with Gasteiger partial charge in [-0.15, -0.1) is 11.8 Å². The summed E-state index contributed by atoms with van der Waals surface area (Å²) in [6.07, 6.45) is 33.6. The summed E-state index contributed by atoms with van der Waals surface area (Å²) in [5, 5.41) is 0. The van der Waals surface area contributed by atoms with Gasteiger partial charge in [-0.2, -0.15) is 0 Å². The van der Waals surface area contributed by atoms with E-state index in [1.165, 1.54) is 141 Å². The monoisotopic (exact) mass is 390 g/mol. The second kappa shape index (κ2) is 26.6. The van der Waals surface area contributed by atoms with Crippen LogP contribution in [0.15, 0.2) is 0 Å². The Morgan fingerprint density at radius 2 is 0.500 bits per heavy atom. The maximum Gasteiger partial charge on any atom is 0.00886 e. The van der Waals surface area contributed by atoms with Gasteiger partial charge >= 0.3 is 0 Å². The van der Waals surface area contributed by atoms with Crippen molar-refractivity contribution in [3.63, 3.8) is 0 Å². The normalized spacial score (nSPS) is 10.8. The molecule has 0 aliphatic rings. The van der Waals surface area contributed by atoms with Crippen LogP contribution in [-0.2, 0) is 0 Å². The summed E-state index contributed by atoms with van der Waals surface area (Å²) in [5.41, 5.74) is 0. The predicted octanol–water partition coefficient (Wildman–Crippen LogP) is 10.4. The summed E-state index contributed by atoms with van der Waals surface area (Å²) in [6.45, 7) is 4.59. The van der Waals surface area contributed by atoms with Crippen LogP contribution in [0.5, 0.6) is 0 Å². The van der Waals surface area contributed by atoms with Crippen LogP contribution in [0.2, 0.25) is 0 Å². The highest BCUT2D eigenvalue weighted by atomic mass is 14.0. The molecule has 28 heavy (non-hydrogen) atoms. The molecule has 0 saturated carbocycles. The first-order valence-corrected chi connectivity index (χ1v) is 13.4. The Bertz CT molecular complexity index is 319. The summed E-state index contributed by atoms with van der Waals surface area (Å²) in [4.78, 5) is 0. The standard InChI is InChI=1S/C28H54/c1-3-5-7-9-11-13-15-17-19-21-23-25-27-28-26-24-22-20-18-16-14-12-10-8-6-4-2/h3-21,23,25-28H2,1-2H3. The van der Waals surface area contributed by atoms with Crippen molar-refractivity contribution >= 4 is 0 Å². The van der Waals surface area contributed by atoms with E-state index in [0.717, 1.165) is 12.8 Å². The fourth-order valence-corrected chi connectivity index (χ4v) is 3.93. The third kappa shape index (κ3) is 25.6. The second-order valence-electron chi connectivity index (χ2n) is 8.92. The van der Waals surface area contributed by atoms with Crippen molar-refractivity contribution in [3.05, 3.63) is 0 Å². The van der Waals surface area contributed by atoms with Gasteiger partial charge < -0.3 is 0 Å². The van der Waals surface area contributed by atoms with E-state index in [9.17, 15) is 0 Å². The largest absolute Gasteiger partial charge is 0.103 e. The minimum atomic E-state index is 1.13. The molecule has 0 atom stereocenters. The lowest BCUT2D eigenvalue weighted by atomic mass is 10.0. The van der Waals surface area contributed by atoms with Gasteiger partial charge in [-0.05, 0) is 12.8 Å². The van der Waals surface area contributed by atoms with Crippen LogP contribution in [0, 0.1) is 11.8 Å². The van der Waals surface area contributed by atoms with Crippen LogP contribution in [0.1, 0.15) is 168 Å². The molecule has 0 aliphatic carbocycles. The quantitative estimate of drug-likeness (QED) is 0.127. The Morgan fingerprint density at radius 3 is 0.750 bits per heavy atom. The lowest BCUT2D eigenvalue weighted by Crippen LogP contribution is -1.83. The van der Waals surface area contributed by atoms with Gasteiger partial charge in [-0.25, -0.2) is 0 Å². The van der Waals surface area contributed by atoms with Crippen LogP contribution >= 0.6 is 0 Å². The van der Waals surface area contributed by atoms with Gasteiger partial charge in [0.25, 0.3) is 0 Å². The number of hydrogen-bond donors (Lipinski definition) is 0. The molecule has 0 fully saturated rings. The summed E-state index contributed by atoms with van der Waals surface area (Å²) < 4.78 is 0. The first-order valence-electron chi connectivity index (χ1n) is 13.4. The molecule has 0 bridgehead atoms. The Morgan fingerprint density at radius 1 is 0.286 bits per heavy atom. The lowest BCUT2D eigenvalue weighted by Gasteiger charge is -2.02. The van der Waals surface area contributed by atoms with Gasteiger partial charge in [0.2, 0.25) is 0 Å². The van der Waals surface area contributed by atoms with Gasteiger partial charge in [-0.3, -0.25) is 0 Å². The smallest absolute Gasteiger partial charge is 0.00886 e. The summed E-state index contributed by atoms with van der Waals surface area (Å²) in [5.74, 6) is 6.79. The molecule has 0 unspecified atom stereocenters. The lowest BCUT2D eigenvalue weighted by molar-refractivity contribution is 0.536. The second-order valence-corrected chi connectivity index (χ2v) is 8.92. The molecule has 0 saturated heterocycles. The van der Waals surface area contributed by atoms with Gasteiger partial charge in [0.15, 0.2) is 0 Å². The van der Waals surface area contributed by atoms with Gasteiger partial charge in [-0.1, -0.05) is 142 Å². The molecule has 0 aromatic heterocycles. The predicted molar refractivity (Wildman–Crippen MR) is 130 cm³/mol. The molecule has 0 radical (unpaired) electrons. The Hall–Kier alpha value is -0.440. The fraction of sp³-hybridized carbons (Fsp3) is 0.929. The summed E-state index contributed by atoms with van der Waals surface area (Å²) in [6, 6.07) is 0. The first-order chi connectivity index (χ1) is 13.9. The zero-order valence-corrected chi connectivity index (χ0v) is 20.0. The maximum atomic E-state index is 3.40. The van der Waals surface area contributed by atoms with Crippen LogP contribution in [0.4, 0.5) is 0 Å². The van der Waals surface area contributed by atoms with E-state index >= 15 is 0 Å². The minimum absolute atomic E-state index is 1.13. The number of unbranched alkanes of at least 4 members (excludes halogenated alkanes) is 22. The summed E-state index contributed by atoms with van der Waals surface area (Å²) in [7, 11) is 0. The molecule has 0 heterocycles. The van der Waals surface area contributed by atoms with Crippen molar-refractivity contribution in [2.24, 2.45) is 0 Å². The van der Waals surface area contributed by atoms with E-state index in [1.54, 1.807) is 0 Å². The molecule has 0 rings (SSSR count). The molecular weight excluding hydrogens is 336 g/mol. The minimum Gasteiger partial charge on any atom is -0.103 e. The van der Waals surface area contributed by atoms with Gasteiger partial charge in [0.05, 0.1) is 0 Å². The highest BCUT2D eigenvalue weighted by Gasteiger charge is 1.94. The van der Waals surface area contributed by atoms with Crippen LogP contribution in [0.25, 0.3) is 0 Å². The third-order valence-corrected chi connectivity index (χ3v) is 5.94. The van der Waals surface area contributed by atoms with Crippen molar-refractivity contribution in [2.75, 3.05) is 0 Å². The van der Waals surface area contributed by atoms with Gasteiger partial charge in [0.1, 0.15) is 0 Å². The van der Waals surface area contributed by atoms with E-state index in [1.807, 2.05) is 0 Å². The topological polar surface area (TPSA) is 0 Å². The van der Waals surface area contributed by atoms with Gasteiger partial charge in [0, 0.05) is 12.8 Å². The average Bonchev–Trinajstić information content (AvgIpc) is 2.71. The highest BCUT2D eigenvalue weighted by molar-refractivity contribution is 4.98. The number of rotatable bonds is 22. The molecule has 0 aromatic carbocycles. The Kier molecular flexibility index (Phi) is 26.1. The first kappa shape index (κ1) is 27.6. The molecule has 0 N–H and O–H groups in total. The molecule has 0 aliphatic heterocycles. The highest BCUT2D eigenvalue weighted by Crippen LogP contribution is 2.13.